The van der Waals surface area contributed by atoms with Crippen molar-refractivity contribution < 1.29 is 14.8 Å². The maximum absolute atomic E-state index is 12.0. The van der Waals surface area contributed by atoms with Crippen molar-refractivity contribution in [3.05, 3.63) is 63.7 Å². The molecule has 0 radical (unpaired) electrons. The summed E-state index contributed by atoms with van der Waals surface area (Å²) >= 11 is 0. The SMILES string of the molecule is Cc1ccc(NC(=O)c2cc(O)ccc2[N+](=O)[O-])cc1. The van der Waals surface area contributed by atoms with E-state index < -0.39 is 10.8 Å². The van der Waals surface area contributed by atoms with Crippen molar-refractivity contribution in [2.75, 3.05) is 5.32 Å². The van der Waals surface area contributed by atoms with Crippen molar-refractivity contribution in [3.8, 4) is 5.75 Å². The summed E-state index contributed by atoms with van der Waals surface area (Å²) in [5.41, 5.74) is 1.02. The van der Waals surface area contributed by atoms with E-state index in [4.69, 9.17) is 0 Å². The first-order valence-corrected chi connectivity index (χ1v) is 5.83. The highest BCUT2D eigenvalue weighted by Gasteiger charge is 2.20. The third-order valence-electron chi connectivity index (χ3n) is 2.73. The lowest BCUT2D eigenvalue weighted by Crippen LogP contribution is -2.13. The number of nitro groups is 1. The Morgan fingerprint density at radius 1 is 1.20 bits per heavy atom. The van der Waals surface area contributed by atoms with Crippen molar-refractivity contribution in [1.82, 2.24) is 0 Å². The Labute approximate surface area is 114 Å². The van der Waals surface area contributed by atoms with Crippen LogP contribution in [0.25, 0.3) is 0 Å². The van der Waals surface area contributed by atoms with Gasteiger partial charge in [0.1, 0.15) is 11.3 Å². The summed E-state index contributed by atoms with van der Waals surface area (Å²) in [5, 5.41) is 22.8. The molecule has 0 saturated heterocycles. The Balaban J connectivity index is 2.31. The minimum absolute atomic E-state index is 0.185. The van der Waals surface area contributed by atoms with Crippen LogP contribution in [0.15, 0.2) is 42.5 Å². The van der Waals surface area contributed by atoms with Crippen molar-refractivity contribution in [2.45, 2.75) is 6.92 Å². The Bertz CT molecular complexity index is 665. The summed E-state index contributed by atoms with van der Waals surface area (Å²) in [5.74, 6) is -0.846. The third-order valence-corrected chi connectivity index (χ3v) is 2.73. The molecule has 0 atom stereocenters. The number of nitrogens with one attached hydrogen (secondary N) is 1. The number of carbonyl (C=O) groups is 1. The van der Waals surface area contributed by atoms with Crippen LogP contribution < -0.4 is 5.32 Å². The van der Waals surface area contributed by atoms with Crippen LogP contribution >= 0.6 is 0 Å². The van der Waals surface area contributed by atoms with Gasteiger partial charge in [0.2, 0.25) is 0 Å². The van der Waals surface area contributed by atoms with Gasteiger partial charge in [-0.1, -0.05) is 17.7 Å². The first kappa shape index (κ1) is 13.5. The molecule has 0 aliphatic carbocycles. The molecular formula is C14H12N2O4. The molecule has 102 valence electrons. The average molecular weight is 272 g/mol. The highest BCUT2D eigenvalue weighted by Crippen LogP contribution is 2.24. The van der Waals surface area contributed by atoms with Crippen LogP contribution in [0.1, 0.15) is 15.9 Å². The summed E-state index contributed by atoms with van der Waals surface area (Å²) in [4.78, 5) is 22.3. The molecule has 6 heteroatoms. The number of nitrogens with zero attached hydrogens (tertiary/aromatic N) is 1. The largest absolute Gasteiger partial charge is 0.508 e. The minimum atomic E-state index is -0.663. The first-order chi connectivity index (χ1) is 9.47. The summed E-state index contributed by atoms with van der Waals surface area (Å²) in [7, 11) is 0. The standard InChI is InChI=1S/C14H12N2O4/c1-9-2-4-10(5-3-9)15-14(18)12-8-11(17)6-7-13(12)16(19)20/h2-8,17H,1H3,(H,15,18). The minimum Gasteiger partial charge on any atom is -0.508 e. The molecule has 20 heavy (non-hydrogen) atoms. The average Bonchev–Trinajstić information content (AvgIpc) is 2.41. The molecule has 0 aliphatic heterocycles. The Morgan fingerprint density at radius 2 is 1.85 bits per heavy atom. The Hall–Kier alpha value is -2.89. The number of anilines is 1. The summed E-state index contributed by atoms with van der Waals surface area (Å²) in [6, 6.07) is 10.4. The van der Waals surface area contributed by atoms with Gasteiger partial charge < -0.3 is 10.4 Å². The number of phenols is 1. The van der Waals surface area contributed by atoms with Gasteiger partial charge in [0.25, 0.3) is 11.6 Å². The molecule has 1 amide bonds. The molecule has 0 spiro atoms. The smallest absolute Gasteiger partial charge is 0.282 e. The van der Waals surface area contributed by atoms with E-state index in [0.717, 1.165) is 17.7 Å². The summed E-state index contributed by atoms with van der Waals surface area (Å²) in [6.07, 6.45) is 0. The monoisotopic (exact) mass is 272 g/mol. The van der Waals surface area contributed by atoms with Gasteiger partial charge in [-0.2, -0.15) is 0 Å². The highest BCUT2D eigenvalue weighted by atomic mass is 16.6. The number of aromatic hydroxyl groups is 1. The van der Waals surface area contributed by atoms with Crippen LogP contribution in [-0.2, 0) is 0 Å². The predicted octanol–water partition coefficient (Wildman–Crippen LogP) is 2.86. The lowest BCUT2D eigenvalue weighted by atomic mass is 10.1. The van der Waals surface area contributed by atoms with Crippen LogP contribution in [0, 0.1) is 17.0 Å². The second-order valence-corrected chi connectivity index (χ2v) is 4.28. The Morgan fingerprint density at radius 3 is 2.45 bits per heavy atom. The van der Waals surface area contributed by atoms with Crippen molar-refractivity contribution >= 4 is 17.3 Å². The van der Waals surface area contributed by atoms with Gasteiger partial charge >= 0.3 is 0 Å². The van der Waals surface area contributed by atoms with E-state index in [-0.39, 0.29) is 17.0 Å². The molecule has 2 aromatic rings. The summed E-state index contributed by atoms with van der Waals surface area (Å²) < 4.78 is 0. The summed E-state index contributed by atoms with van der Waals surface area (Å²) in [6.45, 7) is 1.91. The fourth-order valence-electron chi connectivity index (χ4n) is 1.70. The lowest BCUT2D eigenvalue weighted by molar-refractivity contribution is -0.385. The van der Waals surface area contributed by atoms with E-state index in [1.807, 2.05) is 19.1 Å². The van der Waals surface area contributed by atoms with Crippen LogP contribution in [0.2, 0.25) is 0 Å². The molecule has 0 saturated carbocycles. The van der Waals surface area contributed by atoms with Crippen LogP contribution in [-0.4, -0.2) is 15.9 Å². The zero-order chi connectivity index (χ0) is 14.7. The fourth-order valence-corrected chi connectivity index (χ4v) is 1.70. The molecule has 0 aromatic heterocycles. The van der Waals surface area contributed by atoms with Gasteiger partial charge in [0.15, 0.2) is 0 Å². The highest BCUT2D eigenvalue weighted by molar-refractivity contribution is 6.07. The number of amides is 1. The molecule has 0 unspecified atom stereocenters. The normalized spacial score (nSPS) is 10.1. The maximum atomic E-state index is 12.0. The second-order valence-electron chi connectivity index (χ2n) is 4.28. The van der Waals surface area contributed by atoms with Crippen LogP contribution in [0.4, 0.5) is 11.4 Å². The third kappa shape index (κ3) is 2.92. The van der Waals surface area contributed by atoms with E-state index in [2.05, 4.69) is 5.32 Å². The molecule has 2 aromatic carbocycles. The number of benzene rings is 2. The van der Waals surface area contributed by atoms with Gasteiger partial charge in [-0.25, -0.2) is 0 Å². The van der Waals surface area contributed by atoms with Crippen LogP contribution in [0.5, 0.6) is 5.75 Å². The zero-order valence-corrected chi connectivity index (χ0v) is 10.7. The van der Waals surface area contributed by atoms with Gasteiger partial charge in [0.05, 0.1) is 4.92 Å². The molecule has 0 aliphatic rings. The molecular weight excluding hydrogens is 260 g/mol. The number of aryl methyl sites for hydroxylation is 1. The van der Waals surface area contributed by atoms with Gasteiger partial charge in [-0.3, -0.25) is 14.9 Å². The molecule has 0 fully saturated rings. The predicted molar refractivity (Wildman–Crippen MR) is 73.9 cm³/mol. The van der Waals surface area contributed by atoms with Gasteiger partial charge in [-0.15, -0.1) is 0 Å². The molecule has 6 nitrogen and oxygen atoms in total. The number of rotatable bonds is 3. The van der Waals surface area contributed by atoms with Crippen molar-refractivity contribution in [2.24, 2.45) is 0 Å². The molecule has 0 heterocycles. The number of nitro benzene ring substituents is 1. The van der Waals surface area contributed by atoms with Crippen LogP contribution in [0.3, 0.4) is 0 Å². The fraction of sp³-hybridized carbons (Fsp3) is 0.0714. The first-order valence-electron chi connectivity index (χ1n) is 5.83. The molecule has 2 rings (SSSR count). The number of carbonyl (C=O) groups excluding carboxylic acids is 1. The number of hydrogen-bond donors (Lipinski definition) is 2. The van der Waals surface area contributed by atoms with E-state index in [1.54, 1.807) is 12.1 Å². The van der Waals surface area contributed by atoms with E-state index >= 15 is 0 Å². The number of phenolic OH excluding ortho intramolecular Hbond substituents is 1. The lowest BCUT2D eigenvalue weighted by Gasteiger charge is -2.06. The second kappa shape index (κ2) is 5.40. The topological polar surface area (TPSA) is 92.5 Å². The zero-order valence-electron chi connectivity index (χ0n) is 10.7. The van der Waals surface area contributed by atoms with E-state index in [1.165, 1.54) is 6.07 Å². The van der Waals surface area contributed by atoms with Gasteiger partial charge in [0, 0.05) is 11.8 Å². The molecule has 2 N–H and O–H groups in total. The number of hydrogen-bond acceptors (Lipinski definition) is 4. The van der Waals surface area contributed by atoms with Crippen molar-refractivity contribution in [3.63, 3.8) is 0 Å². The molecule has 0 bridgehead atoms. The maximum Gasteiger partial charge on any atom is 0.282 e. The van der Waals surface area contributed by atoms with E-state index in [9.17, 15) is 20.0 Å². The van der Waals surface area contributed by atoms with E-state index in [0.29, 0.717) is 5.69 Å². The van der Waals surface area contributed by atoms with Crippen molar-refractivity contribution in [1.29, 1.82) is 0 Å². The quantitative estimate of drug-likeness (QED) is 0.663. The Kier molecular flexibility index (Phi) is 3.65. The van der Waals surface area contributed by atoms with Gasteiger partial charge in [-0.05, 0) is 31.2 Å².